The topological polar surface area (TPSA) is 29.1 Å². The Kier molecular flexibility index (Phi) is 3.65. The van der Waals surface area contributed by atoms with E-state index in [9.17, 15) is 18.0 Å². The number of carbonyl (C=O) groups excluding carboxylic acids is 1. The lowest BCUT2D eigenvalue weighted by Gasteiger charge is -2.21. The maximum atomic E-state index is 12.7. The molecule has 2 rings (SSSR count). The highest BCUT2D eigenvalue weighted by molar-refractivity contribution is 14.1. The zero-order chi connectivity index (χ0) is 13.6. The van der Waals surface area contributed by atoms with Gasteiger partial charge in [0, 0.05) is 8.04 Å². The highest BCUT2D eigenvalue weighted by Crippen LogP contribution is 2.49. The molecule has 1 aliphatic carbocycles. The number of amides is 1. The molecule has 2 nitrogen and oxygen atoms in total. The first-order chi connectivity index (χ1) is 8.25. The first-order valence-corrected chi connectivity index (χ1v) is 6.97. The number of hydrogen-bond donors (Lipinski definition) is 1. The van der Waals surface area contributed by atoms with E-state index in [4.69, 9.17) is 0 Å². The minimum atomic E-state index is -4.39. The first kappa shape index (κ1) is 14.1. The number of benzene rings is 1. The Bertz CT molecular complexity index is 500. The molecule has 0 aromatic heterocycles. The van der Waals surface area contributed by atoms with Gasteiger partial charge in [0.1, 0.15) is 5.54 Å². The molecule has 1 saturated carbocycles. The van der Waals surface area contributed by atoms with E-state index in [0.717, 1.165) is 3.57 Å². The SMILES string of the molecule is O=C(NC1(C(F)(F)F)CC1)c1cc(I)ccc1Br. The summed E-state index contributed by atoms with van der Waals surface area (Å²) >= 11 is 5.17. The molecule has 0 unspecified atom stereocenters. The second-order valence-corrected chi connectivity index (χ2v) is 6.26. The molecule has 1 aromatic rings. The third-order valence-corrected chi connectivity index (χ3v) is 4.18. The lowest BCUT2D eigenvalue weighted by molar-refractivity contribution is -0.163. The molecule has 0 atom stereocenters. The van der Waals surface area contributed by atoms with E-state index in [1.54, 1.807) is 18.2 Å². The monoisotopic (exact) mass is 433 g/mol. The molecular formula is C11H8BrF3INO. The van der Waals surface area contributed by atoms with Gasteiger partial charge in [-0.15, -0.1) is 0 Å². The summed E-state index contributed by atoms with van der Waals surface area (Å²) in [6.45, 7) is 0. The van der Waals surface area contributed by atoms with Crippen molar-refractivity contribution in [2.75, 3.05) is 0 Å². The molecule has 0 saturated heterocycles. The summed E-state index contributed by atoms with van der Waals surface area (Å²) in [4.78, 5) is 11.9. The van der Waals surface area contributed by atoms with Gasteiger partial charge in [-0.2, -0.15) is 13.2 Å². The second-order valence-electron chi connectivity index (χ2n) is 4.16. The number of halogens is 5. The smallest absolute Gasteiger partial charge is 0.338 e. The second kappa shape index (κ2) is 4.66. The molecule has 0 spiro atoms. The van der Waals surface area contributed by atoms with Crippen LogP contribution in [0.2, 0.25) is 0 Å². The standard InChI is InChI=1S/C11H8BrF3INO/c12-8-2-1-6(16)5-7(8)9(18)17-10(3-4-10)11(13,14)15/h1-2,5H,3-4H2,(H,17,18). The van der Waals surface area contributed by atoms with Gasteiger partial charge < -0.3 is 5.32 Å². The average molecular weight is 434 g/mol. The Morgan fingerprint density at radius 3 is 2.50 bits per heavy atom. The Morgan fingerprint density at radius 1 is 1.39 bits per heavy atom. The molecule has 1 aliphatic rings. The predicted octanol–water partition coefficient (Wildman–Crippen LogP) is 3.88. The van der Waals surface area contributed by atoms with Gasteiger partial charge in [0.05, 0.1) is 5.56 Å². The van der Waals surface area contributed by atoms with E-state index in [1.807, 2.05) is 22.6 Å². The van der Waals surface area contributed by atoms with Crippen LogP contribution in [0.3, 0.4) is 0 Å². The summed E-state index contributed by atoms with van der Waals surface area (Å²) in [5, 5.41) is 2.09. The first-order valence-electron chi connectivity index (χ1n) is 5.09. The van der Waals surface area contributed by atoms with Gasteiger partial charge in [0.25, 0.3) is 5.91 Å². The molecule has 0 bridgehead atoms. The largest absolute Gasteiger partial charge is 0.411 e. The zero-order valence-electron chi connectivity index (χ0n) is 8.94. The van der Waals surface area contributed by atoms with Gasteiger partial charge >= 0.3 is 6.18 Å². The minimum absolute atomic E-state index is 0.0518. The number of alkyl halides is 3. The van der Waals surface area contributed by atoms with Crippen LogP contribution in [-0.2, 0) is 0 Å². The third-order valence-electron chi connectivity index (χ3n) is 2.82. The van der Waals surface area contributed by atoms with Crippen molar-refractivity contribution in [1.82, 2.24) is 5.32 Å². The molecule has 7 heteroatoms. The average Bonchev–Trinajstić information content (AvgIpc) is 3.01. The van der Waals surface area contributed by atoms with Crippen LogP contribution in [0.1, 0.15) is 23.2 Å². The van der Waals surface area contributed by atoms with Crippen molar-refractivity contribution < 1.29 is 18.0 Å². The van der Waals surface area contributed by atoms with Crippen LogP contribution in [0, 0.1) is 3.57 Å². The van der Waals surface area contributed by atoms with Crippen molar-refractivity contribution in [3.63, 3.8) is 0 Å². The van der Waals surface area contributed by atoms with Gasteiger partial charge in [-0.1, -0.05) is 0 Å². The van der Waals surface area contributed by atoms with Crippen LogP contribution < -0.4 is 5.32 Å². The highest BCUT2D eigenvalue weighted by Gasteiger charge is 2.64. The van der Waals surface area contributed by atoms with Gasteiger partial charge in [0.2, 0.25) is 0 Å². The van der Waals surface area contributed by atoms with Crippen molar-refractivity contribution in [2.45, 2.75) is 24.6 Å². The Balaban J connectivity index is 2.21. The number of rotatable bonds is 2. The Labute approximate surface area is 124 Å². The van der Waals surface area contributed by atoms with E-state index in [-0.39, 0.29) is 18.4 Å². The fourth-order valence-corrected chi connectivity index (χ4v) is 2.48. The predicted molar refractivity (Wildman–Crippen MR) is 72.3 cm³/mol. The van der Waals surface area contributed by atoms with Crippen molar-refractivity contribution in [3.8, 4) is 0 Å². The molecule has 0 aliphatic heterocycles. The summed E-state index contributed by atoms with van der Waals surface area (Å²) in [5.74, 6) is -0.699. The summed E-state index contributed by atoms with van der Waals surface area (Å²) < 4.78 is 39.4. The lowest BCUT2D eigenvalue weighted by atomic mass is 10.2. The van der Waals surface area contributed by atoms with Crippen LogP contribution >= 0.6 is 38.5 Å². The van der Waals surface area contributed by atoms with Crippen LogP contribution in [-0.4, -0.2) is 17.6 Å². The zero-order valence-corrected chi connectivity index (χ0v) is 12.7. The quantitative estimate of drug-likeness (QED) is 0.704. The van der Waals surface area contributed by atoms with Crippen molar-refractivity contribution >= 4 is 44.4 Å². The minimum Gasteiger partial charge on any atom is -0.338 e. The number of nitrogens with one attached hydrogen (secondary N) is 1. The van der Waals surface area contributed by atoms with Crippen molar-refractivity contribution in [1.29, 1.82) is 0 Å². The molecule has 0 heterocycles. The van der Waals surface area contributed by atoms with E-state index < -0.39 is 17.6 Å². The molecule has 1 N–H and O–H groups in total. The van der Waals surface area contributed by atoms with E-state index >= 15 is 0 Å². The van der Waals surface area contributed by atoms with Gasteiger partial charge in [-0.25, -0.2) is 0 Å². The van der Waals surface area contributed by atoms with Gasteiger partial charge in [-0.3, -0.25) is 4.79 Å². The number of carbonyl (C=O) groups is 1. The highest BCUT2D eigenvalue weighted by atomic mass is 127. The van der Waals surface area contributed by atoms with Gasteiger partial charge in [0.15, 0.2) is 0 Å². The molecule has 18 heavy (non-hydrogen) atoms. The van der Waals surface area contributed by atoms with Crippen LogP contribution in [0.4, 0.5) is 13.2 Å². The molecular weight excluding hydrogens is 426 g/mol. The van der Waals surface area contributed by atoms with Crippen molar-refractivity contribution in [3.05, 3.63) is 31.8 Å². The van der Waals surface area contributed by atoms with Gasteiger partial charge in [-0.05, 0) is 69.6 Å². The van der Waals surface area contributed by atoms with E-state index in [2.05, 4.69) is 21.2 Å². The summed E-state index contributed by atoms with van der Waals surface area (Å²) in [6.07, 6.45) is -4.50. The summed E-state index contributed by atoms with van der Waals surface area (Å²) in [6, 6.07) is 4.95. The fraction of sp³-hybridized carbons (Fsp3) is 0.364. The number of hydrogen-bond acceptors (Lipinski definition) is 1. The molecule has 1 fully saturated rings. The summed E-state index contributed by atoms with van der Waals surface area (Å²) in [7, 11) is 0. The summed E-state index contributed by atoms with van der Waals surface area (Å²) in [5.41, 5.74) is -1.80. The van der Waals surface area contributed by atoms with Crippen molar-refractivity contribution in [2.24, 2.45) is 0 Å². The van der Waals surface area contributed by atoms with E-state index in [1.165, 1.54) is 0 Å². The van der Waals surface area contributed by atoms with Crippen LogP contribution in [0.5, 0.6) is 0 Å². The molecule has 98 valence electrons. The normalized spacial score (nSPS) is 17.4. The third kappa shape index (κ3) is 2.66. The van der Waals surface area contributed by atoms with Crippen LogP contribution in [0.25, 0.3) is 0 Å². The Morgan fingerprint density at radius 2 is 2.00 bits per heavy atom. The molecule has 1 aromatic carbocycles. The molecule has 0 radical (unpaired) electrons. The maximum Gasteiger partial charge on any atom is 0.411 e. The fourth-order valence-electron chi connectivity index (χ4n) is 1.56. The maximum absolute atomic E-state index is 12.7. The Hall–Kier alpha value is -0.310. The van der Waals surface area contributed by atoms with E-state index in [0.29, 0.717) is 4.47 Å². The lowest BCUT2D eigenvalue weighted by Crippen LogP contribution is -2.47. The molecule has 1 amide bonds. The van der Waals surface area contributed by atoms with Crippen LogP contribution in [0.15, 0.2) is 22.7 Å².